The molecule has 0 fully saturated rings. The molecule has 10 rings (SSSR count). The maximum atomic E-state index is 2.51. The second kappa shape index (κ2) is 12.3. The minimum absolute atomic E-state index is 0.0163. The zero-order valence-electron chi connectivity index (χ0n) is 30.9. The summed E-state index contributed by atoms with van der Waals surface area (Å²) in [5, 5.41) is 0. The van der Waals surface area contributed by atoms with Crippen LogP contribution in [0.2, 0.25) is 0 Å². The molecule has 0 N–H and O–H groups in total. The largest absolute Gasteiger partial charge is 0.310 e. The van der Waals surface area contributed by atoms with Crippen molar-refractivity contribution in [2.45, 2.75) is 31.6 Å². The van der Waals surface area contributed by atoms with Gasteiger partial charge in [0.25, 0.3) is 0 Å². The SMILES string of the molecule is CC(C)(C)c1ccc2c(c1)C1(c3ccccc3-c3ccccc31)c1cc(N(c3ccc(-c4ccccc4)cc3)c3ccc(-c4ccccc4)cc3)ccc1-2. The van der Waals surface area contributed by atoms with Gasteiger partial charge in [0.1, 0.15) is 0 Å². The molecule has 1 spiro atoms. The van der Waals surface area contributed by atoms with Gasteiger partial charge in [-0.25, -0.2) is 0 Å². The highest BCUT2D eigenvalue weighted by Gasteiger charge is 2.52. The van der Waals surface area contributed by atoms with E-state index >= 15 is 0 Å². The average molecular weight is 692 g/mol. The maximum Gasteiger partial charge on any atom is 0.0726 e. The third-order valence-electron chi connectivity index (χ3n) is 11.7. The Hall–Kier alpha value is -6.44. The fraction of sp³-hybridized carbons (Fsp3) is 0.0943. The lowest BCUT2D eigenvalue weighted by Crippen LogP contribution is -2.27. The summed E-state index contributed by atoms with van der Waals surface area (Å²) in [6, 6.07) is 71.9. The lowest BCUT2D eigenvalue weighted by Gasteiger charge is -2.33. The van der Waals surface area contributed by atoms with Crippen molar-refractivity contribution in [2.75, 3.05) is 4.90 Å². The van der Waals surface area contributed by atoms with E-state index in [-0.39, 0.29) is 5.41 Å². The molecule has 8 aromatic carbocycles. The van der Waals surface area contributed by atoms with E-state index in [0.717, 1.165) is 17.1 Å². The highest BCUT2D eigenvalue weighted by Crippen LogP contribution is 2.63. The average Bonchev–Trinajstić information content (AvgIpc) is 3.69. The first-order chi connectivity index (χ1) is 26.4. The van der Waals surface area contributed by atoms with Gasteiger partial charge in [-0.3, -0.25) is 0 Å². The van der Waals surface area contributed by atoms with E-state index < -0.39 is 5.41 Å². The van der Waals surface area contributed by atoms with Crippen LogP contribution in [-0.2, 0) is 10.8 Å². The number of benzene rings is 8. The van der Waals surface area contributed by atoms with E-state index in [4.69, 9.17) is 0 Å². The van der Waals surface area contributed by atoms with Gasteiger partial charge in [-0.15, -0.1) is 0 Å². The molecule has 54 heavy (non-hydrogen) atoms. The Morgan fingerprint density at radius 1 is 0.333 bits per heavy atom. The fourth-order valence-electron chi connectivity index (χ4n) is 9.05. The molecule has 0 atom stereocenters. The van der Waals surface area contributed by atoms with Gasteiger partial charge in [0.05, 0.1) is 5.41 Å². The molecule has 2 aliphatic carbocycles. The Bertz CT molecular complexity index is 2530. The summed E-state index contributed by atoms with van der Waals surface area (Å²) >= 11 is 0. The molecule has 8 aromatic rings. The first kappa shape index (κ1) is 32.2. The topological polar surface area (TPSA) is 3.24 Å². The summed E-state index contributed by atoms with van der Waals surface area (Å²) in [5.74, 6) is 0. The van der Waals surface area contributed by atoms with Crippen LogP contribution in [0.25, 0.3) is 44.5 Å². The maximum absolute atomic E-state index is 2.51. The van der Waals surface area contributed by atoms with E-state index in [1.807, 2.05) is 0 Å². The van der Waals surface area contributed by atoms with Gasteiger partial charge in [-0.05, 0) is 114 Å². The first-order valence-electron chi connectivity index (χ1n) is 19.0. The van der Waals surface area contributed by atoms with Crippen molar-refractivity contribution >= 4 is 17.1 Å². The third-order valence-corrected chi connectivity index (χ3v) is 11.7. The predicted octanol–water partition coefficient (Wildman–Crippen LogP) is 14.1. The zero-order valence-corrected chi connectivity index (χ0v) is 30.9. The number of hydrogen-bond acceptors (Lipinski definition) is 1. The number of hydrogen-bond donors (Lipinski definition) is 0. The number of anilines is 3. The fourth-order valence-corrected chi connectivity index (χ4v) is 9.05. The summed E-state index contributed by atoms with van der Waals surface area (Å²) in [6.07, 6.45) is 0. The van der Waals surface area contributed by atoms with E-state index in [1.54, 1.807) is 0 Å². The molecule has 0 aliphatic heterocycles. The molecule has 2 aliphatic rings. The Morgan fingerprint density at radius 2 is 0.722 bits per heavy atom. The number of nitrogens with zero attached hydrogens (tertiary/aromatic N) is 1. The van der Waals surface area contributed by atoms with Crippen LogP contribution >= 0.6 is 0 Å². The molecule has 1 heteroatoms. The van der Waals surface area contributed by atoms with E-state index in [2.05, 4.69) is 220 Å². The standard InChI is InChI=1S/C53H41N/c1-52(2,3)40-26-32-46-47-33-31-43(35-51(47)53(50(46)34-40)48-20-12-10-18-44(48)45-19-11-13-21-49(45)53)54(41-27-22-38(23-28-41)36-14-6-4-7-15-36)42-29-24-39(25-30-42)37-16-8-5-9-17-37/h4-35H,1-3H3. The minimum atomic E-state index is -0.435. The molecule has 0 amide bonds. The van der Waals surface area contributed by atoms with Crippen LogP contribution in [0, 0.1) is 0 Å². The normalized spacial score (nSPS) is 13.2. The molecule has 0 aromatic heterocycles. The molecule has 0 radical (unpaired) electrons. The summed E-state index contributed by atoms with van der Waals surface area (Å²) in [6.45, 7) is 6.96. The highest BCUT2D eigenvalue weighted by atomic mass is 15.1. The van der Waals surface area contributed by atoms with Crippen LogP contribution in [0.3, 0.4) is 0 Å². The smallest absolute Gasteiger partial charge is 0.0726 e. The van der Waals surface area contributed by atoms with Crippen molar-refractivity contribution in [2.24, 2.45) is 0 Å². The Labute approximate surface area is 318 Å². The Morgan fingerprint density at radius 3 is 1.22 bits per heavy atom. The van der Waals surface area contributed by atoms with Crippen LogP contribution < -0.4 is 4.90 Å². The Balaban J connectivity index is 1.20. The van der Waals surface area contributed by atoms with Crippen LogP contribution in [0.5, 0.6) is 0 Å². The van der Waals surface area contributed by atoms with Crippen molar-refractivity contribution in [3.05, 3.63) is 222 Å². The third kappa shape index (κ3) is 4.92. The summed E-state index contributed by atoms with van der Waals surface area (Å²) in [5.41, 5.74) is 19.9. The molecule has 0 bridgehead atoms. The van der Waals surface area contributed by atoms with Gasteiger partial charge in [-0.1, -0.05) is 178 Å². The first-order valence-corrected chi connectivity index (χ1v) is 19.0. The summed E-state index contributed by atoms with van der Waals surface area (Å²) in [7, 11) is 0. The van der Waals surface area contributed by atoms with E-state index in [0.29, 0.717) is 0 Å². The van der Waals surface area contributed by atoms with Crippen LogP contribution in [0.4, 0.5) is 17.1 Å². The quantitative estimate of drug-likeness (QED) is 0.174. The summed E-state index contributed by atoms with van der Waals surface area (Å²) in [4.78, 5) is 2.42. The van der Waals surface area contributed by atoms with Crippen LogP contribution in [0.15, 0.2) is 194 Å². The second-order valence-corrected chi connectivity index (χ2v) is 15.7. The number of fused-ring (bicyclic) bond motifs is 10. The second-order valence-electron chi connectivity index (χ2n) is 15.7. The van der Waals surface area contributed by atoms with Gasteiger partial charge in [0.15, 0.2) is 0 Å². The lowest BCUT2D eigenvalue weighted by atomic mass is 9.69. The molecule has 0 saturated carbocycles. The minimum Gasteiger partial charge on any atom is -0.310 e. The van der Waals surface area contributed by atoms with Crippen molar-refractivity contribution in [1.29, 1.82) is 0 Å². The van der Waals surface area contributed by atoms with Crippen molar-refractivity contribution in [3.8, 4) is 44.5 Å². The predicted molar refractivity (Wildman–Crippen MR) is 227 cm³/mol. The lowest BCUT2D eigenvalue weighted by molar-refractivity contribution is 0.588. The molecule has 258 valence electrons. The zero-order chi connectivity index (χ0) is 36.4. The van der Waals surface area contributed by atoms with Gasteiger partial charge < -0.3 is 4.90 Å². The van der Waals surface area contributed by atoms with Crippen LogP contribution in [-0.4, -0.2) is 0 Å². The monoisotopic (exact) mass is 691 g/mol. The molecule has 0 heterocycles. The van der Waals surface area contributed by atoms with Gasteiger partial charge in [0.2, 0.25) is 0 Å². The number of rotatable bonds is 5. The molecular formula is C53H41N. The highest BCUT2D eigenvalue weighted by molar-refractivity contribution is 5.96. The van der Waals surface area contributed by atoms with Gasteiger partial charge >= 0.3 is 0 Å². The molecule has 1 nitrogen and oxygen atoms in total. The molecule has 0 saturated heterocycles. The van der Waals surface area contributed by atoms with Crippen molar-refractivity contribution < 1.29 is 0 Å². The van der Waals surface area contributed by atoms with E-state index in [9.17, 15) is 0 Å². The van der Waals surface area contributed by atoms with Gasteiger partial charge in [-0.2, -0.15) is 0 Å². The van der Waals surface area contributed by atoms with Crippen LogP contribution in [0.1, 0.15) is 48.6 Å². The van der Waals surface area contributed by atoms with Gasteiger partial charge in [0, 0.05) is 17.1 Å². The molecular weight excluding hydrogens is 651 g/mol. The summed E-state index contributed by atoms with van der Waals surface area (Å²) < 4.78 is 0. The Kier molecular flexibility index (Phi) is 7.35. The molecule has 0 unspecified atom stereocenters. The van der Waals surface area contributed by atoms with Crippen molar-refractivity contribution in [1.82, 2.24) is 0 Å². The van der Waals surface area contributed by atoms with Crippen molar-refractivity contribution in [3.63, 3.8) is 0 Å². The van der Waals surface area contributed by atoms with E-state index in [1.165, 1.54) is 72.3 Å².